The highest BCUT2D eigenvalue weighted by molar-refractivity contribution is 6.34. The molecule has 0 fully saturated rings. The van der Waals surface area contributed by atoms with E-state index in [1.54, 1.807) is 12.1 Å². The lowest BCUT2D eigenvalue weighted by molar-refractivity contribution is -0.139. The molecule has 0 aliphatic carbocycles. The summed E-state index contributed by atoms with van der Waals surface area (Å²) in [5.74, 6) is -2.02. The number of benzene rings is 3. The van der Waals surface area contributed by atoms with Gasteiger partial charge in [0.25, 0.3) is 5.91 Å². The van der Waals surface area contributed by atoms with Crippen LogP contribution in [-0.2, 0) is 22.4 Å². The van der Waals surface area contributed by atoms with Gasteiger partial charge < -0.3 is 25.8 Å². The number of carbonyl (C=O) groups is 3. The van der Waals surface area contributed by atoms with Crippen molar-refractivity contribution in [3.05, 3.63) is 94.6 Å². The van der Waals surface area contributed by atoms with E-state index < -0.39 is 17.9 Å². The second kappa shape index (κ2) is 11.0. The molecule has 0 saturated heterocycles. The molecule has 3 aromatic carbocycles. The van der Waals surface area contributed by atoms with E-state index in [-0.39, 0.29) is 35.1 Å². The van der Waals surface area contributed by atoms with Gasteiger partial charge >= 0.3 is 5.97 Å². The molecule has 9 heteroatoms. The number of para-hydroxylation sites is 1. The lowest BCUT2D eigenvalue weighted by atomic mass is 10.0. The van der Waals surface area contributed by atoms with Gasteiger partial charge in [-0.15, -0.1) is 0 Å². The molecule has 1 aromatic heterocycles. The van der Waals surface area contributed by atoms with Gasteiger partial charge in [-0.25, -0.2) is 4.79 Å². The van der Waals surface area contributed by atoms with E-state index in [4.69, 9.17) is 11.6 Å². The van der Waals surface area contributed by atoms with Gasteiger partial charge in [-0.3, -0.25) is 9.59 Å². The number of phenols is 1. The summed E-state index contributed by atoms with van der Waals surface area (Å²) in [6, 6.07) is 17.4. The van der Waals surface area contributed by atoms with Crippen LogP contribution in [-0.4, -0.2) is 39.0 Å². The quantitative estimate of drug-likeness (QED) is 0.228. The fraction of sp³-hybridized carbons (Fsp3) is 0.148. The highest BCUT2D eigenvalue weighted by atomic mass is 35.5. The van der Waals surface area contributed by atoms with Crippen LogP contribution in [0.4, 0.5) is 5.69 Å². The largest absolute Gasteiger partial charge is 0.508 e. The van der Waals surface area contributed by atoms with Crippen molar-refractivity contribution in [3.63, 3.8) is 0 Å². The second-order valence-corrected chi connectivity index (χ2v) is 8.76. The number of phenolic OH excluding ortho intramolecular Hbond substituents is 1. The zero-order valence-corrected chi connectivity index (χ0v) is 19.9. The highest BCUT2D eigenvalue weighted by Gasteiger charge is 2.22. The first kappa shape index (κ1) is 24.8. The molecule has 1 atom stereocenters. The number of carbonyl (C=O) groups excluding carboxylic acids is 2. The van der Waals surface area contributed by atoms with Crippen molar-refractivity contribution in [2.24, 2.45) is 0 Å². The Morgan fingerprint density at radius 2 is 1.81 bits per heavy atom. The number of rotatable bonds is 9. The lowest BCUT2D eigenvalue weighted by Gasteiger charge is -2.15. The van der Waals surface area contributed by atoms with Crippen molar-refractivity contribution in [3.8, 4) is 5.75 Å². The zero-order chi connectivity index (χ0) is 25.7. The Kier molecular flexibility index (Phi) is 7.56. The van der Waals surface area contributed by atoms with Crippen LogP contribution in [0.2, 0.25) is 5.02 Å². The van der Waals surface area contributed by atoms with E-state index in [1.807, 2.05) is 30.5 Å². The van der Waals surface area contributed by atoms with Gasteiger partial charge in [-0.2, -0.15) is 0 Å². The van der Waals surface area contributed by atoms with Crippen molar-refractivity contribution in [1.29, 1.82) is 0 Å². The normalized spacial score (nSPS) is 11.7. The van der Waals surface area contributed by atoms with E-state index in [0.717, 1.165) is 16.5 Å². The van der Waals surface area contributed by atoms with Crippen LogP contribution in [0, 0.1) is 0 Å². The number of aromatic hydroxyl groups is 1. The van der Waals surface area contributed by atoms with Crippen LogP contribution < -0.4 is 10.6 Å². The van der Waals surface area contributed by atoms with E-state index in [9.17, 15) is 24.6 Å². The molecule has 0 aliphatic rings. The summed E-state index contributed by atoms with van der Waals surface area (Å²) in [5.41, 5.74) is 3.05. The monoisotopic (exact) mass is 505 g/mol. The number of hydrogen-bond donors (Lipinski definition) is 5. The number of aromatic nitrogens is 1. The molecule has 0 aliphatic heterocycles. The molecule has 1 heterocycles. The van der Waals surface area contributed by atoms with Gasteiger partial charge in [0.15, 0.2) is 0 Å². The molecule has 0 radical (unpaired) electrons. The van der Waals surface area contributed by atoms with E-state index in [1.165, 1.54) is 30.3 Å². The SMILES string of the molecule is O=C(Cc1cccc(O)c1)Nc1ccc(C(=O)N[C@@H](CCc2c[nH]c3ccccc23)C(=O)O)c(Cl)c1. The van der Waals surface area contributed by atoms with Crippen LogP contribution in [0.15, 0.2) is 72.9 Å². The molecule has 2 amide bonds. The predicted octanol–water partition coefficient (Wildman–Crippen LogP) is 4.52. The van der Waals surface area contributed by atoms with Crippen LogP contribution in [0.3, 0.4) is 0 Å². The minimum Gasteiger partial charge on any atom is -0.508 e. The van der Waals surface area contributed by atoms with Crippen molar-refractivity contribution in [1.82, 2.24) is 10.3 Å². The summed E-state index contributed by atoms with van der Waals surface area (Å²) in [7, 11) is 0. The van der Waals surface area contributed by atoms with Crippen molar-refractivity contribution in [2.75, 3.05) is 5.32 Å². The molecular formula is C27H24ClN3O5. The molecule has 0 spiro atoms. The van der Waals surface area contributed by atoms with Crippen molar-refractivity contribution >= 4 is 46.0 Å². The maximum absolute atomic E-state index is 12.8. The predicted molar refractivity (Wildman–Crippen MR) is 137 cm³/mol. The van der Waals surface area contributed by atoms with Crippen LogP contribution in [0.25, 0.3) is 10.9 Å². The van der Waals surface area contributed by atoms with Crippen molar-refractivity contribution < 1.29 is 24.6 Å². The Labute approximate surface area is 211 Å². The Morgan fingerprint density at radius 1 is 1.00 bits per heavy atom. The van der Waals surface area contributed by atoms with Gasteiger partial charge in [0.1, 0.15) is 11.8 Å². The zero-order valence-electron chi connectivity index (χ0n) is 19.1. The molecule has 8 nitrogen and oxygen atoms in total. The van der Waals surface area contributed by atoms with E-state index in [2.05, 4.69) is 15.6 Å². The molecular weight excluding hydrogens is 482 g/mol. The second-order valence-electron chi connectivity index (χ2n) is 8.35. The first-order valence-corrected chi connectivity index (χ1v) is 11.6. The van der Waals surface area contributed by atoms with Gasteiger partial charge in [0, 0.05) is 22.8 Å². The fourth-order valence-electron chi connectivity index (χ4n) is 3.97. The van der Waals surface area contributed by atoms with Gasteiger partial charge in [0.05, 0.1) is 17.0 Å². The molecule has 0 bridgehead atoms. The number of aromatic amines is 1. The van der Waals surface area contributed by atoms with E-state index >= 15 is 0 Å². The number of aryl methyl sites for hydroxylation is 1. The van der Waals surface area contributed by atoms with Gasteiger partial charge in [-0.05, 0) is 60.4 Å². The number of aliphatic carboxylic acids is 1. The lowest BCUT2D eigenvalue weighted by Crippen LogP contribution is -2.41. The first-order chi connectivity index (χ1) is 17.3. The van der Waals surface area contributed by atoms with Crippen molar-refractivity contribution in [2.45, 2.75) is 25.3 Å². The van der Waals surface area contributed by atoms with Crippen LogP contribution in [0.1, 0.15) is 27.9 Å². The Morgan fingerprint density at radius 3 is 2.56 bits per heavy atom. The topological polar surface area (TPSA) is 132 Å². The van der Waals surface area contributed by atoms with Gasteiger partial charge in [-0.1, -0.05) is 41.9 Å². The molecule has 5 N–H and O–H groups in total. The minimum atomic E-state index is -1.14. The first-order valence-electron chi connectivity index (χ1n) is 11.3. The summed E-state index contributed by atoms with van der Waals surface area (Å²) >= 11 is 6.28. The Bertz CT molecular complexity index is 1430. The summed E-state index contributed by atoms with van der Waals surface area (Å²) in [6.45, 7) is 0. The Balaban J connectivity index is 1.38. The molecule has 4 rings (SSSR count). The number of fused-ring (bicyclic) bond motifs is 1. The molecule has 184 valence electrons. The standard InChI is InChI=1S/C27H24ClN3O5/c28-22-14-18(30-25(33)13-16-4-3-5-19(32)12-16)9-10-21(22)26(34)31-24(27(35)36)11-8-17-15-29-23-7-2-1-6-20(17)23/h1-7,9-10,12,14-15,24,29,32H,8,11,13H2,(H,30,33)(H,31,34)(H,35,36)/t24-/m0/s1. The maximum Gasteiger partial charge on any atom is 0.326 e. The molecule has 4 aromatic rings. The average Bonchev–Trinajstić information content (AvgIpc) is 3.24. The maximum atomic E-state index is 12.8. The third-order valence-electron chi connectivity index (χ3n) is 5.75. The molecule has 0 saturated carbocycles. The minimum absolute atomic E-state index is 0.0466. The molecule has 36 heavy (non-hydrogen) atoms. The number of carboxylic acids is 1. The highest BCUT2D eigenvalue weighted by Crippen LogP contribution is 2.23. The third-order valence-corrected chi connectivity index (χ3v) is 6.07. The third kappa shape index (κ3) is 6.03. The van der Waals surface area contributed by atoms with Gasteiger partial charge in [0.2, 0.25) is 5.91 Å². The summed E-state index contributed by atoms with van der Waals surface area (Å²) in [5, 5.41) is 25.5. The number of nitrogens with one attached hydrogen (secondary N) is 3. The van der Waals surface area contributed by atoms with E-state index in [0.29, 0.717) is 17.7 Å². The summed E-state index contributed by atoms with van der Waals surface area (Å²) in [4.78, 5) is 40.1. The number of hydrogen-bond acceptors (Lipinski definition) is 4. The number of amides is 2. The summed E-state index contributed by atoms with van der Waals surface area (Å²) in [6.07, 6.45) is 2.55. The van der Waals surface area contributed by atoms with Crippen LogP contribution in [0.5, 0.6) is 5.75 Å². The number of halogens is 1. The fourth-order valence-corrected chi connectivity index (χ4v) is 4.23. The number of carboxylic acid groups (broad SMARTS) is 1. The average molecular weight is 506 g/mol. The molecule has 0 unspecified atom stereocenters. The van der Waals surface area contributed by atoms with Crippen LogP contribution >= 0.6 is 11.6 Å². The Hall–Kier alpha value is -4.30. The number of H-pyrrole nitrogens is 1. The summed E-state index contributed by atoms with van der Waals surface area (Å²) < 4.78 is 0. The number of anilines is 1. The smallest absolute Gasteiger partial charge is 0.326 e.